The van der Waals surface area contributed by atoms with E-state index in [0.29, 0.717) is 5.02 Å². The molecule has 1 aromatic heterocycles. The number of fused-ring (bicyclic) bond motifs is 1. The van der Waals surface area contributed by atoms with Crippen molar-refractivity contribution in [2.45, 2.75) is 20.0 Å². The van der Waals surface area contributed by atoms with E-state index in [1.54, 1.807) is 19.9 Å². The van der Waals surface area contributed by atoms with Gasteiger partial charge in [-0.15, -0.1) is 0 Å². The Morgan fingerprint density at radius 2 is 1.60 bits per heavy atom. The van der Waals surface area contributed by atoms with Crippen molar-refractivity contribution in [3.63, 3.8) is 0 Å². The Kier molecular flexibility index (Phi) is 6.53. The molecule has 0 radical (unpaired) electrons. The summed E-state index contributed by atoms with van der Waals surface area (Å²) in [6, 6.07) is 12.3. The fourth-order valence-electron chi connectivity index (χ4n) is 3.43. The monoisotopic (exact) mass is 522 g/mol. The fourth-order valence-corrected chi connectivity index (χ4v) is 3.91. The number of ether oxygens (including phenoxy) is 2. The molecule has 5 nitrogen and oxygen atoms in total. The fraction of sp³-hybridized carbons (Fsp3) is 0.120. The molecular weight excluding hydrogens is 508 g/mol. The molecule has 0 fully saturated rings. The molecule has 4 aromatic rings. The Hall–Kier alpha value is -3.49. The number of alkyl halides is 3. The first-order chi connectivity index (χ1) is 16.4. The van der Waals surface area contributed by atoms with E-state index in [4.69, 9.17) is 37.1 Å². The van der Waals surface area contributed by atoms with Gasteiger partial charge in [-0.05, 0) is 67.4 Å². The van der Waals surface area contributed by atoms with Crippen LogP contribution in [0.25, 0.3) is 11.0 Å². The lowest BCUT2D eigenvalue weighted by atomic mass is 10.1. The first-order valence-corrected chi connectivity index (χ1v) is 10.8. The van der Waals surface area contributed by atoms with Gasteiger partial charge in [0.05, 0.1) is 16.0 Å². The maximum absolute atomic E-state index is 13.8. The number of carbonyl (C=O) groups excluding carboxylic acids is 1. The van der Waals surface area contributed by atoms with Gasteiger partial charge < -0.3 is 13.9 Å². The number of carbonyl (C=O) groups is 1. The van der Waals surface area contributed by atoms with Gasteiger partial charge in [-0.25, -0.2) is 4.79 Å². The number of hydrogen-bond donors (Lipinski definition) is 0. The minimum Gasteiger partial charge on any atom is -0.449 e. The van der Waals surface area contributed by atoms with Crippen molar-refractivity contribution in [3.05, 3.63) is 97.3 Å². The summed E-state index contributed by atoms with van der Waals surface area (Å²) >= 11 is 11.8. The Balaban J connectivity index is 1.76. The second kappa shape index (κ2) is 9.28. The van der Waals surface area contributed by atoms with Gasteiger partial charge in [0, 0.05) is 11.1 Å². The van der Waals surface area contributed by atoms with Gasteiger partial charge in [0.2, 0.25) is 11.2 Å². The molecule has 0 saturated heterocycles. The van der Waals surface area contributed by atoms with E-state index in [0.717, 1.165) is 17.2 Å². The molecular formula is C25H15Cl2F3O5. The van der Waals surface area contributed by atoms with Crippen LogP contribution in [0.2, 0.25) is 10.0 Å². The van der Waals surface area contributed by atoms with Crippen LogP contribution in [-0.4, -0.2) is 5.97 Å². The van der Waals surface area contributed by atoms with Crippen LogP contribution < -0.4 is 14.9 Å². The lowest BCUT2D eigenvalue weighted by Gasteiger charge is -2.14. The molecule has 10 heteroatoms. The van der Waals surface area contributed by atoms with Crippen LogP contribution in [-0.2, 0) is 6.18 Å². The van der Waals surface area contributed by atoms with Crippen LogP contribution in [0.1, 0.15) is 27.2 Å². The van der Waals surface area contributed by atoms with Gasteiger partial charge in [0.25, 0.3) is 5.76 Å². The summed E-state index contributed by atoms with van der Waals surface area (Å²) < 4.78 is 57.0. The van der Waals surface area contributed by atoms with Crippen molar-refractivity contribution in [1.82, 2.24) is 0 Å². The predicted molar refractivity (Wildman–Crippen MR) is 125 cm³/mol. The van der Waals surface area contributed by atoms with Crippen molar-refractivity contribution >= 4 is 40.1 Å². The largest absolute Gasteiger partial charge is 0.453 e. The molecule has 0 bridgehead atoms. The van der Waals surface area contributed by atoms with E-state index >= 15 is 0 Å². The van der Waals surface area contributed by atoms with Gasteiger partial charge in [-0.2, -0.15) is 13.2 Å². The standard InChI is InChI=1S/C25H15Cl2F3O5/c1-12-7-13(2)9-16(8-12)33-22-21(31)18-6-4-15(11-20(18)35-23(22)25(28,29)30)34-24(32)17-5-3-14(26)10-19(17)27/h3-11H,1-2H3. The van der Waals surface area contributed by atoms with E-state index in [9.17, 15) is 22.8 Å². The van der Waals surface area contributed by atoms with Gasteiger partial charge >= 0.3 is 12.1 Å². The van der Waals surface area contributed by atoms with Gasteiger partial charge in [0.1, 0.15) is 17.1 Å². The Labute approximate surface area is 206 Å². The van der Waals surface area contributed by atoms with Crippen molar-refractivity contribution in [3.8, 4) is 17.2 Å². The molecule has 0 N–H and O–H groups in total. The second-order valence-corrected chi connectivity index (χ2v) is 8.53. The molecule has 0 aliphatic rings. The quantitative estimate of drug-likeness (QED) is 0.202. The summed E-state index contributed by atoms with van der Waals surface area (Å²) in [4.78, 5) is 25.4. The summed E-state index contributed by atoms with van der Waals surface area (Å²) in [6.07, 6.45) is -5.04. The van der Waals surface area contributed by atoms with Gasteiger partial charge in [-0.3, -0.25) is 4.79 Å². The van der Waals surface area contributed by atoms with Crippen molar-refractivity contribution in [1.29, 1.82) is 0 Å². The highest BCUT2D eigenvalue weighted by atomic mass is 35.5. The van der Waals surface area contributed by atoms with E-state index in [1.807, 2.05) is 0 Å². The summed E-state index contributed by atoms with van der Waals surface area (Å²) in [7, 11) is 0. The smallest absolute Gasteiger partial charge is 0.449 e. The summed E-state index contributed by atoms with van der Waals surface area (Å²) in [6.45, 7) is 3.49. The first-order valence-electron chi connectivity index (χ1n) is 10.0. The van der Waals surface area contributed by atoms with Crippen LogP contribution in [0.3, 0.4) is 0 Å². The highest BCUT2D eigenvalue weighted by Gasteiger charge is 2.40. The van der Waals surface area contributed by atoms with Gasteiger partial charge in [-0.1, -0.05) is 29.3 Å². The average Bonchev–Trinajstić information content (AvgIpc) is 2.74. The molecule has 4 rings (SSSR count). The van der Waals surface area contributed by atoms with Crippen LogP contribution in [0.4, 0.5) is 13.2 Å². The number of hydrogen-bond acceptors (Lipinski definition) is 5. The number of esters is 1. The Bertz CT molecular complexity index is 1510. The third kappa shape index (κ3) is 5.28. The summed E-state index contributed by atoms with van der Waals surface area (Å²) in [5.74, 6) is -3.58. The molecule has 3 aromatic carbocycles. The Morgan fingerprint density at radius 3 is 2.23 bits per heavy atom. The summed E-state index contributed by atoms with van der Waals surface area (Å²) in [5, 5.41) is 0.140. The van der Waals surface area contributed by atoms with Crippen LogP contribution >= 0.6 is 23.2 Å². The summed E-state index contributed by atoms with van der Waals surface area (Å²) in [5.41, 5.74) is 0.00159. The molecule has 0 amide bonds. The topological polar surface area (TPSA) is 65.7 Å². The Morgan fingerprint density at radius 1 is 0.914 bits per heavy atom. The molecule has 0 aliphatic carbocycles. The zero-order valence-electron chi connectivity index (χ0n) is 18.1. The van der Waals surface area contributed by atoms with E-state index in [2.05, 4.69) is 0 Å². The zero-order chi connectivity index (χ0) is 25.5. The molecule has 0 atom stereocenters. The molecule has 0 spiro atoms. The normalized spacial score (nSPS) is 11.5. The first kappa shape index (κ1) is 24.6. The lowest BCUT2D eigenvalue weighted by Crippen LogP contribution is -2.16. The number of benzene rings is 3. The SMILES string of the molecule is Cc1cc(C)cc(Oc2c(C(F)(F)F)oc3cc(OC(=O)c4ccc(Cl)cc4Cl)ccc3c2=O)c1. The van der Waals surface area contributed by atoms with Crippen LogP contribution in [0.15, 0.2) is 63.8 Å². The van der Waals surface area contributed by atoms with Gasteiger partial charge in [0.15, 0.2) is 0 Å². The number of halogens is 5. The van der Waals surface area contributed by atoms with E-state index in [1.165, 1.54) is 42.5 Å². The molecule has 180 valence electrons. The minimum atomic E-state index is -5.04. The second-order valence-electron chi connectivity index (χ2n) is 7.68. The highest BCUT2D eigenvalue weighted by Crippen LogP contribution is 2.39. The number of aryl methyl sites for hydroxylation is 2. The molecule has 0 saturated carbocycles. The third-order valence-electron chi connectivity index (χ3n) is 4.86. The highest BCUT2D eigenvalue weighted by molar-refractivity contribution is 6.36. The average molecular weight is 523 g/mol. The maximum atomic E-state index is 13.8. The predicted octanol–water partition coefficient (Wildman–Crippen LogP) is 7.75. The zero-order valence-corrected chi connectivity index (χ0v) is 19.6. The minimum absolute atomic E-state index is 0.00853. The molecule has 1 heterocycles. The van der Waals surface area contributed by atoms with Crippen molar-refractivity contribution < 1.29 is 31.9 Å². The van der Waals surface area contributed by atoms with E-state index in [-0.39, 0.29) is 27.5 Å². The third-order valence-corrected chi connectivity index (χ3v) is 5.40. The lowest BCUT2D eigenvalue weighted by molar-refractivity contribution is -0.154. The van der Waals surface area contributed by atoms with Crippen LogP contribution in [0.5, 0.6) is 17.2 Å². The molecule has 0 unspecified atom stereocenters. The van der Waals surface area contributed by atoms with Crippen molar-refractivity contribution in [2.75, 3.05) is 0 Å². The molecule has 35 heavy (non-hydrogen) atoms. The van der Waals surface area contributed by atoms with E-state index < -0.39 is 34.7 Å². The van der Waals surface area contributed by atoms with Crippen LogP contribution in [0, 0.1) is 13.8 Å². The molecule has 0 aliphatic heterocycles. The van der Waals surface area contributed by atoms with Crippen molar-refractivity contribution in [2.24, 2.45) is 0 Å². The maximum Gasteiger partial charge on any atom is 0.453 e. The number of rotatable bonds is 4.